The molecule has 0 spiro atoms. The van der Waals surface area contributed by atoms with Gasteiger partial charge in [-0.15, -0.1) is 33.5 Å². The molecule has 1 atom stereocenters. The lowest BCUT2D eigenvalue weighted by Gasteiger charge is -2.23. The van der Waals surface area contributed by atoms with E-state index in [4.69, 9.17) is 12.8 Å². The number of nitrogens with two attached hydrogens (primary N) is 1. The van der Waals surface area contributed by atoms with Crippen LogP contribution in [0.25, 0.3) is 0 Å². The van der Waals surface area contributed by atoms with Crippen LogP contribution in [0.5, 0.6) is 0 Å². The van der Waals surface area contributed by atoms with Gasteiger partial charge in [-0.05, 0) is 48.5 Å². The van der Waals surface area contributed by atoms with Gasteiger partial charge in [-0.25, -0.2) is 0 Å². The van der Waals surface area contributed by atoms with E-state index in [1.807, 2.05) is 0 Å². The Morgan fingerprint density at radius 1 is 0.732 bits per heavy atom. The number of quaternary nitrogens is 1. The van der Waals surface area contributed by atoms with Crippen molar-refractivity contribution < 1.29 is 47.4 Å². The number of carbonyl (C=O) groups is 2. The van der Waals surface area contributed by atoms with Crippen molar-refractivity contribution in [1.82, 2.24) is 4.31 Å². The Kier molecular flexibility index (Phi) is 17.2. The van der Waals surface area contributed by atoms with Crippen LogP contribution >= 0.6 is 12.4 Å². The molecule has 8 nitrogen and oxygen atoms in total. The van der Waals surface area contributed by atoms with Crippen LogP contribution in [-0.2, 0) is 30.4 Å². The fourth-order valence-electron chi connectivity index (χ4n) is 3.30. The van der Waals surface area contributed by atoms with Crippen molar-refractivity contribution in [3.63, 3.8) is 0 Å². The number of ketones is 2. The van der Waals surface area contributed by atoms with E-state index in [2.05, 4.69) is 25.9 Å². The van der Waals surface area contributed by atoms with Crippen LogP contribution in [0.4, 0.5) is 23.0 Å². The highest BCUT2D eigenvalue weighted by molar-refractivity contribution is 7.86. The quantitative estimate of drug-likeness (QED) is 0.395. The van der Waals surface area contributed by atoms with Crippen LogP contribution in [0, 0.1) is 24.7 Å². The third-order valence-electron chi connectivity index (χ3n) is 5.35. The maximum absolute atomic E-state index is 14.1. The number of carbonyl (C=O) groups excluding carboxylic acids is 2. The van der Waals surface area contributed by atoms with E-state index in [1.165, 1.54) is 36.4 Å². The maximum atomic E-state index is 14.1. The van der Waals surface area contributed by atoms with Gasteiger partial charge in [-0.3, -0.25) is 9.59 Å². The summed E-state index contributed by atoms with van der Waals surface area (Å²) >= 11 is 0. The molecule has 15 heteroatoms. The molecular weight excluding hydrogens is 624 g/mol. The van der Waals surface area contributed by atoms with Crippen molar-refractivity contribution in [2.75, 3.05) is 26.2 Å². The number of benzene rings is 2. The topological polar surface area (TPSA) is 113 Å². The first kappa shape index (κ1) is 38.1. The predicted molar refractivity (Wildman–Crippen MR) is 152 cm³/mol. The summed E-state index contributed by atoms with van der Waals surface area (Å²) in [5.74, 6) is 5.24. The average Bonchev–Trinajstić information content (AvgIpc) is 2.90. The van der Waals surface area contributed by atoms with E-state index in [9.17, 15) is 29.7 Å². The summed E-state index contributed by atoms with van der Waals surface area (Å²) in [5, 5.41) is 2.18. The molecule has 2 aliphatic heterocycles. The van der Waals surface area contributed by atoms with Gasteiger partial charge >= 0.3 is 10.5 Å². The van der Waals surface area contributed by atoms with Crippen molar-refractivity contribution in [1.29, 1.82) is 0 Å². The van der Waals surface area contributed by atoms with E-state index >= 15 is 0 Å². The Morgan fingerprint density at radius 3 is 1.46 bits per heavy atom. The highest BCUT2D eigenvalue weighted by Gasteiger charge is 2.25. The lowest BCUT2D eigenvalue weighted by Crippen LogP contribution is -3.00. The molecule has 0 aromatic heterocycles. The molecule has 0 bridgehead atoms. The lowest BCUT2D eigenvalue weighted by atomic mass is 10.1. The number of rotatable bonds is 3. The molecule has 2 fully saturated rings. The minimum Gasteiger partial charge on any atom is -1.00 e. The first-order chi connectivity index (χ1) is 18.4. The van der Waals surface area contributed by atoms with E-state index < -0.39 is 20.8 Å². The minimum absolute atomic E-state index is 0. The van der Waals surface area contributed by atoms with Gasteiger partial charge in [0.15, 0.2) is 0 Å². The van der Waals surface area contributed by atoms with Crippen LogP contribution in [-0.4, -0.2) is 50.5 Å². The SMILES string of the molecule is C#Cc1ccc(N=S(=O)(F)F)cc1.C#Cc1ccc(N=S(=O)(F)N2CCC(=O)CC2)cc1.Cl.O=C1CC[NH2+]CC1.[Cl-]. The van der Waals surface area contributed by atoms with Crippen molar-refractivity contribution >= 4 is 56.2 Å². The van der Waals surface area contributed by atoms with Crippen LogP contribution in [0.2, 0.25) is 0 Å². The van der Waals surface area contributed by atoms with E-state index in [0.717, 1.165) is 30.2 Å². The summed E-state index contributed by atoms with van der Waals surface area (Å²) in [6.45, 7) is 2.30. The number of terminal acetylenes is 2. The molecule has 0 radical (unpaired) electrons. The van der Waals surface area contributed by atoms with Crippen molar-refractivity contribution in [3.8, 4) is 24.7 Å². The predicted octanol–water partition coefficient (Wildman–Crippen LogP) is 1.11. The Morgan fingerprint density at radius 2 is 1.12 bits per heavy atom. The van der Waals surface area contributed by atoms with Gasteiger partial charge in [0.2, 0.25) is 0 Å². The molecule has 0 aliphatic carbocycles. The molecule has 2 N–H and O–H groups in total. The number of hydrogen-bond acceptors (Lipinski definition) is 6. The summed E-state index contributed by atoms with van der Waals surface area (Å²) < 4.78 is 67.2. The number of piperidine rings is 2. The largest absolute Gasteiger partial charge is 1.00 e. The van der Waals surface area contributed by atoms with Crippen LogP contribution < -0.4 is 17.7 Å². The monoisotopic (exact) mass is 652 g/mol. The number of Topliss-reactive ketones (excluding diaryl/α,β-unsaturated/α-hetero) is 2. The maximum Gasteiger partial charge on any atom is 0.371 e. The molecule has 0 amide bonds. The first-order valence-corrected chi connectivity index (χ1v) is 14.5. The molecule has 2 aromatic rings. The van der Waals surface area contributed by atoms with E-state index in [0.29, 0.717) is 16.9 Å². The highest BCUT2D eigenvalue weighted by Crippen LogP contribution is 2.21. The second-order valence-corrected chi connectivity index (χ2v) is 10.8. The molecule has 2 heterocycles. The van der Waals surface area contributed by atoms with Gasteiger partial charge in [0.05, 0.1) is 37.3 Å². The highest BCUT2D eigenvalue weighted by atomic mass is 35.5. The summed E-state index contributed by atoms with van der Waals surface area (Å²) in [6, 6.07) is 11.7. The van der Waals surface area contributed by atoms with Gasteiger partial charge in [-0.2, -0.15) is 17.1 Å². The molecule has 2 aromatic carbocycles. The normalized spacial score (nSPS) is 16.2. The molecular formula is C26H29Cl2F3N4O4S2. The van der Waals surface area contributed by atoms with Crippen molar-refractivity contribution in [2.45, 2.75) is 25.7 Å². The second kappa shape index (κ2) is 18.5. The number of hydrogen-bond donors (Lipinski definition) is 1. The molecule has 2 saturated heterocycles. The van der Waals surface area contributed by atoms with Gasteiger partial charge in [0, 0.05) is 37.1 Å². The van der Waals surface area contributed by atoms with E-state index in [-0.39, 0.29) is 67.9 Å². The zero-order valence-corrected chi connectivity index (χ0v) is 24.9. The average molecular weight is 654 g/mol. The minimum atomic E-state index is -5.07. The molecule has 1 unspecified atom stereocenters. The first-order valence-electron chi connectivity index (χ1n) is 11.8. The molecule has 0 saturated carbocycles. The Labute approximate surface area is 252 Å². The Balaban J connectivity index is 0.000000632. The third kappa shape index (κ3) is 15.0. The van der Waals surface area contributed by atoms with Gasteiger partial charge in [0.1, 0.15) is 11.6 Å². The molecule has 224 valence electrons. The molecule has 4 rings (SSSR count). The summed E-state index contributed by atoms with van der Waals surface area (Å²) in [6.07, 6.45) is 12.3. The summed E-state index contributed by atoms with van der Waals surface area (Å²) in [5.41, 5.74) is 1.42. The Bertz CT molecular complexity index is 1470. The van der Waals surface area contributed by atoms with Crippen LogP contribution in [0.15, 0.2) is 57.3 Å². The second-order valence-electron chi connectivity index (χ2n) is 8.27. The third-order valence-corrected chi connectivity index (χ3v) is 7.21. The standard InChI is InChI=1S/C13H13FN2O2S.C8H5F2NOS.C5H9NO.2ClH/c1-2-11-3-5-12(6-4-11)15-19(14,18)16-9-7-13(17)8-10-16;1-2-7-3-5-8(6-4-7)11-13(9,10)12;7-5-1-3-6-4-2-5;;/h1,3-6H,7-10H2;1,3-6H;6H,1-4H2;2*1H. The van der Waals surface area contributed by atoms with Gasteiger partial charge in [-0.1, -0.05) is 19.6 Å². The zero-order valence-electron chi connectivity index (χ0n) is 21.7. The fourth-order valence-corrected chi connectivity index (χ4v) is 4.80. The fraction of sp³-hybridized carbons (Fsp3) is 0.308. The smallest absolute Gasteiger partial charge is 0.371 e. The lowest BCUT2D eigenvalue weighted by molar-refractivity contribution is -0.656. The van der Waals surface area contributed by atoms with Crippen molar-refractivity contribution in [2.24, 2.45) is 8.73 Å². The van der Waals surface area contributed by atoms with Crippen LogP contribution in [0.3, 0.4) is 0 Å². The Hall–Kier alpha value is -2.91. The van der Waals surface area contributed by atoms with Crippen molar-refractivity contribution in [3.05, 3.63) is 59.7 Å². The van der Waals surface area contributed by atoms with E-state index in [1.54, 1.807) is 12.1 Å². The molecule has 41 heavy (non-hydrogen) atoms. The number of nitrogens with zero attached hydrogens (tertiary/aromatic N) is 3. The molecule has 2 aliphatic rings. The van der Waals surface area contributed by atoms with Crippen LogP contribution in [0.1, 0.15) is 36.8 Å². The number of halogens is 5. The summed E-state index contributed by atoms with van der Waals surface area (Å²) in [7, 11) is -9.05. The van der Waals surface area contributed by atoms with Gasteiger partial charge in [0.25, 0.3) is 10.3 Å². The summed E-state index contributed by atoms with van der Waals surface area (Å²) in [4.78, 5) is 21.5. The van der Waals surface area contributed by atoms with Gasteiger partial charge < -0.3 is 17.7 Å². The zero-order chi connectivity index (χ0) is 28.9.